The van der Waals surface area contributed by atoms with Crippen LogP contribution in [0.15, 0.2) is 18.2 Å². The van der Waals surface area contributed by atoms with Crippen LogP contribution in [0.1, 0.15) is 27.2 Å². The number of likely N-dealkylation sites (tertiary alicyclic amines) is 1. The van der Waals surface area contributed by atoms with Crippen molar-refractivity contribution in [2.45, 2.75) is 38.9 Å². The predicted octanol–water partition coefficient (Wildman–Crippen LogP) is 2.80. The second kappa shape index (κ2) is 5.79. The van der Waals surface area contributed by atoms with Crippen LogP contribution in [0.4, 0.5) is 14.9 Å². The smallest absolute Gasteiger partial charge is 0.410 e. The topological polar surface area (TPSA) is 64.8 Å². The first-order valence-corrected chi connectivity index (χ1v) is 6.94. The molecular formula is C15H21FN2O3. The Morgan fingerprint density at radius 3 is 2.76 bits per heavy atom. The van der Waals surface area contributed by atoms with Crippen LogP contribution < -0.4 is 10.5 Å². The van der Waals surface area contributed by atoms with Crippen LogP contribution in [-0.4, -0.2) is 35.8 Å². The highest BCUT2D eigenvalue weighted by Gasteiger charge is 2.31. The summed E-state index contributed by atoms with van der Waals surface area (Å²) in [5.74, 6) is -0.342. The molecule has 0 aliphatic carbocycles. The fourth-order valence-corrected chi connectivity index (χ4v) is 2.11. The molecule has 1 aliphatic heterocycles. The number of ether oxygens (including phenoxy) is 2. The van der Waals surface area contributed by atoms with Gasteiger partial charge in [0.1, 0.15) is 11.7 Å². The van der Waals surface area contributed by atoms with E-state index in [9.17, 15) is 9.18 Å². The molecule has 0 unspecified atom stereocenters. The Hall–Kier alpha value is -1.98. The minimum atomic E-state index is -0.529. The Kier molecular flexibility index (Phi) is 4.25. The summed E-state index contributed by atoms with van der Waals surface area (Å²) in [6.45, 7) is 6.38. The maximum absolute atomic E-state index is 13.7. The molecule has 1 fully saturated rings. The predicted molar refractivity (Wildman–Crippen MR) is 77.7 cm³/mol. The summed E-state index contributed by atoms with van der Waals surface area (Å²) >= 11 is 0. The number of hydrogen-bond donors (Lipinski definition) is 1. The van der Waals surface area contributed by atoms with Gasteiger partial charge in [0.25, 0.3) is 0 Å². The van der Waals surface area contributed by atoms with Gasteiger partial charge in [0.15, 0.2) is 11.6 Å². The molecule has 1 saturated heterocycles. The molecule has 1 aromatic rings. The molecule has 21 heavy (non-hydrogen) atoms. The van der Waals surface area contributed by atoms with Gasteiger partial charge in [-0.2, -0.15) is 0 Å². The lowest BCUT2D eigenvalue weighted by molar-refractivity contribution is 0.0275. The summed E-state index contributed by atoms with van der Waals surface area (Å²) in [5, 5.41) is 0. The van der Waals surface area contributed by atoms with Gasteiger partial charge >= 0.3 is 6.09 Å². The van der Waals surface area contributed by atoms with E-state index < -0.39 is 11.4 Å². The van der Waals surface area contributed by atoms with Crippen molar-refractivity contribution in [1.82, 2.24) is 4.90 Å². The van der Waals surface area contributed by atoms with Gasteiger partial charge in [0, 0.05) is 24.7 Å². The van der Waals surface area contributed by atoms with E-state index in [-0.39, 0.29) is 17.9 Å². The van der Waals surface area contributed by atoms with E-state index in [0.29, 0.717) is 25.2 Å². The molecule has 0 radical (unpaired) electrons. The first-order valence-electron chi connectivity index (χ1n) is 6.94. The minimum Gasteiger partial charge on any atom is -0.485 e. The highest BCUT2D eigenvalue weighted by Crippen LogP contribution is 2.24. The van der Waals surface area contributed by atoms with Crippen molar-refractivity contribution in [3.05, 3.63) is 24.0 Å². The maximum atomic E-state index is 13.7. The molecule has 1 heterocycles. The lowest BCUT2D eigenvalue weighted by Gasteiger charge is -2.24. The van der Waals surface area contributed by atoms with Gasteiger partial charge in [-0.15, -0.1) is 0 Å². The van der Waals surface area contributed by atoms with Crippen LogP contribution in [0.25, 0.3) is 0 Å². The van der Waals surface area contributed by atoms with E-state index in [4.69, 9.17) is 15.2 Å². The maximum Gasteiger partial charge on any atom is 0.410 e. The van der Waals surface area contributed by atoms with Gasteiger partial charge < -0.3 is 20.1 Å². The first-order chi connectivity index (χ1) is 9.74. The third-order valence-electron chi connectivity index (χ3n) is 3.05. The lowest BCUT2D eigenvalue weighted by Crippen LogP contribution is -2.36. The van der Waals surface area contributed by atoms with E-state index in [1.54, 1.807) is 11.0 Å². The number of anilines is 1. The molecule has 2 N–H and O–H groups in total. The first kappa shape index (κ1) is 15.4. The summed E-state index contributed by atoms with van der Waals surface area (Å²) in [5.41, 5.74) is 5.31. The number of nitrogen functional groups attached to an aromatic ring is 1. The van der Waals surface area contributed by atoms with E-state index >= 15 is 0 Å². The summed E-state index contributed by atoms with van der Waals surface area (Å²) < 4.78 is 24.6. The van der Waals surface area contributed by atoms with Crippen molar-refractivity contribution in [1.29, 1.82) is 0 Å². The number of benzene rings is 1. The normalized spacial score (nSPS) is 18.7. The van der Waals surface area contributed by atoms with E-state index in [2.05, 4.69) is 0 Å². The molecule has 1 amide bonds. The second-order valence-corrected chi connectivity index (χ2v) is 6.14. The lowest BCUT2D eigenvalue weighted by atomic mass is 10.2. The van der Waals surface area contributed by atoms with Crippen molar-refractivity contribution in [3.8, 4) is 5.75 Å². The Bertz CT molecular complexity index is 528. The molecule has 1 aliphatic rings. The third kappa shape index (κ3) is 4.24. The number of nitrogens with two attached hydrogens (primary N) is 1. The largest absolute Gasteiger partial charge is 0.485 e. The van der Waals surface area contributed by atoms with Crippen molar-refractivity contribution in [2.24, 2.45) is 0 Å². The molecular weight excluding hydrogens is 275 g/mol. The SMILES string of the molecule is CC(C)(C)OC(=O)N1CC[C@@H](Oc2ccc(N)cc2F)C1. The minimum absolute atomic E-state index is 0.153. The summed E-state index contributed by atoms with van der Waals surface area (Å²) in [6.07, 6.45) is 0.0327. The molecule has 6 heteroatoms. The molecule has 0 bridgehead atoms. The molecule has 116 valence electrons. The Labute approximate surface area is 123 Å². The summed E-state index contributed by atoms with van der Waals surface area (Å²) in [7, 11) is 0. The molecule has 0 aromatic heterocycles. The van der Waals surface area contributed by atoms with E-state index in [0.717, 1.165) is 0 Å². The summed E-state index contributed by atoms with van der Waals surface area (Å²) in [4.78, 5) is 13.5. The highest BCUT2D eigenvalue weighted by atomic mass is 19.1. The average molecular weight is 296 g/mol. The van der Waals surface area contributed by atoms with Gasteiger partial charge in [-0.3, -0.25) is 0 Å². The quantitative estimate of drug-likeness (QED) is 0.852. The van der Waals surface area contributed by atoms with Crippen molar-refractivity contribution >= 4 is 11.8 Å². The number of amides is 1. The van der Waals surface area contributed by atoms with E-state index in [1.165, 1.54) is 12.1 Å². The zero-order valence-corrected chi connectivity index (χ0v) is 12.6. The van der Waals surface area contributed by atoms with Gasteiger partial charge in [0.2, 0.25) is 0 Å². The van der Waals surface area contributed by atoms with Crippen molar-refractivity contribution in [2.75, 3.05) is 18.8 Å². The number of carbonyl (C=O) groups excluding carboxylic acids is 1. The van der Waals surface area contributed by atoms with Crippen molar-refractivity contribution in [3.63, 3.8) is 0 Å². The van der Waals surface area contributed by atoms with Crippen molar-refractivity contribution < 1.29 is 18.7 Å². The molecule has 1 atom stereocenters. The van der Waals surface area contributed by atoms with Crippen LogP contribution in [0.3, 0.4) is 0 Å². The number of nitrogens with zero attached hydrogens (tertiary/aromatic N) is 1. The zero-order valence-electron chi connectivity index (χ0n) is 12.6. The molecule has 5 nitrogen and oxygen atoms in total. The standard InChI is InChI=1S/C15H21FN2O3/c1-15(2,3)21-14(19)18-7-6-11(9-18)20-13-5-4-10(17)8-12(13)16/h4-5,8,11H,6-7,9,17H2,1-3H3/t11-/m1/s1. The Morgan fingerprint density at radius 2 is 2.14 bits per heavy atom. The van der Waals surface area contributed by atoms with Gasteiger partial charge in [0.05, 0.1) is 6.54 Å². The van der Waals surface area contributed by atoms with Crippen LogP contribution in [-0.2, 0) is 4.74 Å². The second-order valence-electron chi connectivity index (χ2n) is 6.14. The molecule has 2 rings (SSSR count). The molecule has 1 aromatic carbocycles. The van der Waals surface area contributed by atoms with E-state index in [1.807, 2.05) is 20.8 Å². The number of hydrogen-bond acceptors (Lipinski definition) is 4. The number of carbonyl (C=O) groups is 1. The van der Waals surface area contributed by atoms with Gasteiger partial charge in [-0.25, -0.2) is 9.18 Å². The average Bonchev–Trinajstić information content (AvgIpc) is 2.79. The van der Waals surface area contributed by atoms with Crippen LogP contribution in [0, 0.1) is 5.82 Å². The zero-order chi connectivity index (χ0) is 15.6. The Morgan fingerprint density at radius 1 is 1.43 bits per heavy atom. The van der Waals surface area contributed by atoms with Crippen LogP contribution in [0.2, 0.25) is 0 Å². The monoisotopic (exact) mass is 296 g/mol. The summed E-state index contributed by atoms with van der Waals surface area (Å²) in [6, 6.07) is 4.30. The third-order valence-corrected chi connectivity index (χ3v) is 3.05. The fraction of sp³-hybridized carbons (Fsp3) is 0.533. The van der Waals surface area contributed by atoms with Gasteiger partial charge in [-0.05, 0) is 32.9 Å². The molecule has 0 spiro atoms. The van der Waals surface area contributed by atoms with Crippen LogP contribution in [0.5, 0.6) is 5.75 Å². The van der Waals surface area contributed by atoms with Crippen LogP contribution >= 0.6 is 0 Å². The fourth-order valence-electron chi connectivity index (χ4n) is 2.11. The number of halogens is 1. The molecule has 0 saturated carbocycles. The number of rotatable bonds is 2. The van der Waals surface area contributed by atoms with Gasteiger partial charge in [-0.1, -0.05) is 0 Å². The Balaban J connectivity index is 1.92. The highest BCUT2D eigenvalue weighted by molar-refractivity contribution is 5.68.